The molecule has 96 valence electrons. The number of nitro benzene ring substituents is 1. The summed E-state index contributed by atoms with van der Waals surface area (Å²) in [6, 6.07) is 5.97. The maximum absolute atomic E-state index is 10.7. The molecule has 0 aliphatic carbocycles. The lowest BCUT2D eigenvalue weighted by Gasteiger charge is -2.17. The van der Waals surface area contributed by atoms with Gasteiger partial charge in [0.05, 0.1) is 17.1 Å². The van der Waals surface area contributed by atoms with Gasteiger partial charge in [-0.1, -0.05) is 6.07 Å². The molecule has 0 aromatic heterocycles. The normalized spacial score (nSPS) is 10.8. The van der Waals surface area contributed by atoms with Gasteiger partial charge in [-0.05, 0) is 19.9 Å². The summed E-state index contributed by atoms with van der Waals surface area (Å²) < 4.78 is 5.31. The van der Waals surface area contributed by atoms with Crippen LogP contribution >= 0.6 is 0 Å². The standard InChI is InChI=1S/C12H14N2O4/c1-12(2,15)6-7-18-11-5-3-4-10(14(16)17)9(11)8-13/h3-5,15H,6-7H2,1-2H3. The van der Waals surface area contributed by atoms with Crippen molar-refractivity contribution in [2.45, 2.75) is 25.9 Å². The van der Waals surface area contributed by atoms with E-state index in [1.807, 2.05) is 0 Å². The minimum atomic E-state index is -0.881. The van der Waals surface area contributed by atoms with Gasteiger partial charge in [0.25, 0.3) is 5.69 Å². The van der Waals surface area contributed by atoms with Gasteiger partial charge in [-0.15, -0.1) is 0 Å². The van der Waals surface area contributed by atoms with Crippen LogP contribution in [0.15, 0.2) is 18.2 Å². The van der Waals surface area contributed by atoms with Crippen LogP contribution in [0.1, 0.15) is 25.8 Å². The van der Waals surface area contributed by atoms with E-state index in [4.69, 9.17) is 10.00 Å². The minimum Gasteiger partial charge on any atom is -0.492 e. The molecule has 0 atom stereocenters. The zero-order valence-electron chi connectivity index (χ0n) is 10.2. The Hall–Kier alpha value is -2.13. The van der Waals surface area contributed by atoms with E-state index in [0.717, 1.165) is 0 Å². The van der Waals surface area contributed by atoms with E-state index in [1.165, 1.54) is 18.2 Å². The molecule has 0 unspecified atom stereocenters. The molecule has 1 aromatic carbocycles. The van der Waals surface area contributed by atoms with Crippen LogP contribution in [0.25, 0.3) is 0 Å². The van der Waals surface area contributed by atoms with Crippen LogP contribution in [0.4, 0.5) is 5.69 Å². The summed E-state index contributed by atoms with van der Waals surface area (Å²) in [5.74, 6) is 0.163. The van der Waals surface area contributed by atoms with Crippen molar-refractivity contribution in [2.75, 3.05) is 6.61 Å². The van der Waals surface area contributed by atoms with Crippen LogP contribution in [0, 0.1) is 21.4 Å². The topological polar surface area (TPSA) is 96.4 Å². The first kappa shape index (κ1) is 13.9. The van der Waals surface area contributed by atoms with Crippen molar-refractivity contribution in [1.82, 2.24) is 0 Å². The highest BCUT2D eigenvalue weighted by Crippen LogP contribution is 2.27. The fraction of sp³-hybridized carbons (Fsp3) is 0.417. The fourth-order valence-electron chi connectivity index (χ4n) is 1.32. The first-order valence-corrected chi connectivity index (χ1v) is 5.38. The number of nitriles is 1. The highest BCUT2D eigenvalue weighted by Gasteiger charge is 2.19. The fourth-order valence-corrected chi connectivity index (χ4v) is 1.32. The summed E-state index contributed by atoms with van der Waals surface area (Å²) >= 11 is 0. The number of ether oxygens (including phenoxy) is 1. The maximum Gasteiger partial charge on any atom is 0.290 e. The summed E-state index contributed by atoms with van der Waals surface area (Å²) in [4.78, 5) is 10.1. The number of nitro groups is 1. The number of nitrogens with zero attached hydrogens (tertiary/aromatic N) is 2. The van der Waals surface area contributed by atoms with Crippen LogP contribution in [0.3, 0.4) is 0 Å². The highest BCUT2D eigenvalue weighted by atomic mass is 16.6. The quantitative estimate of drug-likeness (QED) is 0.636. The molecule has 0 bridgehead atoms. The van der Waals surface area contributed by atoms with Crippen LogP contribution in [0.2, 0.25) is 0 Å². The van der Waals surface area contributed by atoms with Crippen molar-refractivity contribution in [1.29, 1.82) is 5.26 Å². The number of benzene rings is 1. The summed E-state index contributed by atoms with van der Waals surface area (Å²) in [5, 5.41) is 29.2. The molecule has 6 heteroatoms. The zero-order valence-corrected chi connectivity index (χ0v) is 10.2. The van der Waals surface area contributed by atoms with Crippen molar-refractivity contribution >= 4 is 5.69 Å². The molecule has 0 aliphatic rings. The third-order valence-corrected chi connectivity index (χ3v) is 2.28. The van der Waals surface area contributed by atoms with E-state index in [-0.39, 0.29) is 23.6 Å². The van der Waals surface area contributed by atoms with Crippen molar-refractivity contribution < 1.29 is 14.8 Å². The number of hydrogen-bond acceptors (Lipinski definition) is 5. The molecule has 0 saturated carbocycles. The van der Waals surface area contributed by atoms with Gasteiger partial charge in [-0.25, -0.2) is 0 Å². The molecule has 1 N–H and O–H groups in total. The van der Waals surface area contributed by atoms with E-state index >= 15 is 0 Å². The third-order valence-electron chi connectivity index (χ3n) is 2.28. The predicted octanol–water partition coefficient (Wildman–Crippen LogP) is 2.01. The molecule has 0 fully saturated rings. The molecule has 1 rings (SSSR count). The molecule has 0 spiro atoms. The lowest BCUT2D eigenvalue weighted by molar-refractivity contribution is -0.385. The van der Waals surface area contributed by atoms with Crippen molar-refractivity contribution in [3.63, 3.8) is 0 Å². The largest absolute Gasteiger partial charge is 0.492 e. The lowest BCUT2D eigenvalue weighted by Crippen LogP contribution is -2.22. The smallest absolute Gasteiger partial charge is 0.290 e. The van der Waals surface area contributed by atoms with E-state index < -0.39 is 10.5 Å². The molecular formula is C12H14N2O4. The van der Waals surface area contributed by atoms with Gasteiger partial charge in [-0.3, -0.25) is 10.1 Å². The number of hydrogen-bond donors (Lipinski definition) is 1. The van der Waals surface area contributed by atoms with Crippen molar-refractivity contribution in [3.8, 4) is 11.8 Å². The Morgan fingerprint density at radius 3 is 2.72 bits per heavy atom. The zero-order chi connectivity index (χ0) is 13.8. The molecule has 0 heterocycles. The van der Waals surface area contributed by atoms with E-state index in [2.05, 4.69) is 0 Å². The van der Waals surface area contributed by atoms with E-state index in [0.29, 0.717) is 6.42 Å². The van der Waals surface area contributed by atoms with Crippen molar-refractivity contribution in [3.05, 3.63) is 33.9 Å². The van der Waals surface area contributed by atoms with Gasteiger partial charge in [0.15, 0.2) is 5.56 Å². The third kappa shape index (κ3) is 3.71. The molecular weight excluding hydrogens is 236 g/mol. The first-order valence-electron chi connectivity index (χ1n) is 5.38. The average Bonchev–Trinajstić information content (AvgIpc) is 2.26. The number of rotatable bonds is 5. The summed E-state index contributed by atoms with van der Waals surface area (Å²) in [6.45, 7) is 3.45. The Morgan fingerprint density at radius 1 is 1.56 bits per heavy atom. The highest BCUT2D eigenvalue weighted by molar-refractivity contribution is 5.56. The second-order valence-corrected chi connectivity index (χ2v) is 4.43. The van der Waals surface area contributed by atoms with E-state index in [1.54, 1.807) is 19.9 Å². The summed E-state index contributed by atoms with van der Waals surface area (Å²) in [6.07, 6.45) is 0.362. The second-order valence-electron chi connectivity index (χ2n) is 4.43. The van der Waals surface area contributed by atoms with Gasteiger partial charge < -0.3 is 9.84 Å². The molecule has 0 radical (unpaired) electrons. The first-order chi connectivity index (χ1) is 8.35. The van der Waals surface area contributed by atoms with Crippen LogP contribution in [-0.4, -0.2) is 22.2 Å². The minimum absolute atomic E-state index is 0.0988. The SMILES string of the molecule is CC(C)(O)CCOc1cccc([N+](=O)[O-])c1C#N. The molecule has 6 nitrogen and oxygen atoms in total. The van der Waals surface area contributed by atoms with E-state index in [9.17, 15) is 15.2 Å². The molecule has 0 amide bonds. The summed E-state index contributed by atoms with van der Waals surface area (Å²) in [7, 11) is 0. The van der Waals surface area contributed by atoms with Gasteiger partial charge in [-0.2, -0.15) is 5.26 Å². The lowest BCUT2D eigenvalue weighted by atomic mass is 10.1. The Bertz CT molecular complexity index is 486. The van der Waals surface area contributed by atoms with Crippen LogP contribution < -0.4 is 4.74 Å². The Morgan fingerprint density at radius 2 is 2.22 bits per heavy atom. The molecule has 0 aliphatic heterocycles. The Kier molecular flexibility index (Phi) is 4.23. The van der Waals surface area contributed by atoms with Gasteiger partial charge in [0, 0.05) is 12.5 Å². The monoisotopic (exact) mass is 250 g/mol. The van der Waals surface area contributed by atoms with Crippen molar-refractivity contribution in [2.24, 2.45) is 0 Å². The molecule has 18 heavy (non-hydrogen) atoms. The second kappa shape index (κ2) is 5.47. The van der Waals surface area contributed by atoms with Gasteiger partial charge >= 0.3 is 0 Å². The summed E-state index contributed by atoms with van der Waals surface area (Å²) in [5.41, 5.74) is -1.26. The molecule has 1 aromatic rings. The van der Waals surface area contributed by atoms with Gasteiger partial charge in [0.1, 0.15) is 11.8 Å². The number of aliphatic hydroxyl groups is 1. The molecule has 0 saturated heterocycles. The Labute approximate surface area is 105 Å². The van der Waals surface area contributed by atoms with Gasteiger partial charge in [0.2, 0.25) is 0 Å². The Balaban J connectivity index is 2.87. The maximum atomic E-state index is 10.7. The van der Waals surface area contributed by atoms with Crippen LogP contribution in [-0.2, 0) is 0 Å². The predicted molar refractivity (Wildman–Crippen MR) is 64.2 cm³/mol. The van der Waals surface area contributed by atoms with Crippen LogP contribution in [0.5, 0.6) is 5.75 Å². The average molecular weight is 250 g/mol.